The van der Waals surface area contributed by atoms with E-state index >= 15 is 0 Å². The van der Waals surface area contributed by atoms with Crippen molar-refractivity contribution in [2.24, 2.45) is 5.92 Å². The summed E-state index contributed by atoms with van der Waals surface area (Å²) in [6, 6.07) is -0.464. The van der Waals surface area contributed by atoms with Crippen LogP contribution in [0.2, 0.25) is 0 Å². The summed E-state index contributed by atoms with van der Waals surface area (Å²) in [5, 5.41) is 22.4. The SMILES string of the molecule is CNC(=O)C1CCCN(C(=O)NC[C@H](O)C(=O)O)C1. The number of carbonyl (C=O) groups is 3. The third kappa shape index (κ3) is 4.40. The number of hydrogen-bond donors (Lipinski definition) is 4. The lowest BCUT2D eigenvalue weighted by Crippen LogP contribution is -2.50. The molecule has 1 fully saturated rings. The molecule has 0 saturated carbocycles. The van der Waals surface area contributed by atoms with E-state index in [2.05, 4.69) is 10.6 Å². The number of rotatable bonds is 4. The number of urea groups is 1. The van der Waals surface area contributed by atoms with Crippen LogP contribution in [-0.4, -0.2) is 65.8 Å². The Morgan fingerprint density at radius 2 is 2.11 bits per heavy atom. The zero-order valence-corrected chi connectivity index (χ0v) is 10.8. The average Bonchev–Trinajstić information content (AvgIpc) is 2.43. The van der Waals surface area contributed by atoms with Crippen LogP contribution in [0.1, 0.15) is 12.8 Å². The molecule has 1 aliphatic rings. The fourth-order valence-corrected chi connectivity index (χ4v) is 1.96. The van der Waals surface area contributed by atoms with Crippen molar-refractivity contribution in [3.8, 4) is 0 Å². The Morgan fingerprint density at radius 1 is 1.42 bits per heavy atom. The molecule has 19 heavy (non-hydrogen) atoms. The first kappa shape index (κ1) is 15.2. The van der Waals surface area contributed by atoms with Crippen LogP contribution in [0.15, 0.2) is 0 Å². The standard InChI is InChI=1S/C11H19N3O5/c1-12-9(16)7-3-2-4-14(6-7)11(19)13-5-8(15)10(17)18/h7-8,15H,2-6H2,1H3,(H,12,16)(H,13,19)(H,17,18)/t7?,8-/m0/s1. The lowest BCUT2D eigenvalue weighted by molar-refractivity contribution is -0.146. The summed E-state index contributed by atoms with van der Waals surface area (Å²) < 4.78 is 0. The fourth-order valence-electron chi connectivity index (χ4n) is 1.96. The van der Waals surface area contributed by atoms with Crippen LogP contribution in [0.3, 0.4) is 0 Å². The van der Waals surface area contributed by atoms with Crippen LogP contribution in [0.4, 0.5) is 4.79 Å². The zero-order chi connectivity index (χ0) is 14.4. The number of nitrogens with one attached hydrogen (secondary N) is 2. The van der Waals surface area contributed by atoms with Gasteiger partial charge in [-0.3, -0.25) is 4.79 Å². The van der Waals surface area contributed by atoms with Crippen LogP contribution in [-0.2, 0) is 9.59 Å². The third-order valence-electron chi connectivity index (χ3n) is 3.06. The first-order valence-corrected chi connectivity index (χ1v) is 6.11. The highest BCUT2D eigenvalue weighted by molar-refractivity contribution is 5.81. The van der Waals surface area contributed by atoms with E-state index < -0.39 is 18.1 Å². The van der Waals surface area contributed by atoms with E-state index in [1.165, 1.54) is 4.90 Å². The predicted octanol–water partition coefficient (Wildman–Crippen LogP) is -1.40. The van der Waals surface area contributed by atoms with Crippen molar-refractivity contribution in [3.63, 3.8) is 0 Å². The summed E-state index contributed by atoms with van der Waals surface area (Å²) in [6.45, 7) is 0.465. The van der Waals surface area contributed by atoms with Gasteiger partial charge in [0.2, 0.25) is 5.91 Å². The molecule has 2 atom stereocenters. The molecule has 0 aromatic rings. The Labute approximate surface area is 110 Å². The quantitative estimate of drug-likeness (QED) is 0.502. The molecule has 8 heteroatoms. The first-order valence-electron chi connectivity index (χ1n) is 6.11. The van der Waals surface area contributed by atoms with Gasteiger partial charge < -0.3 is 25.7 Å². The van der Waals surface area contributed by atoms with Gasteiger partial charge in [-0.15, -0.1) is 0 Å². The van der Waals surface area contributed by atoms with Crippen molar-refractivity contribution in [1.82, 2.24) is 15.5 Å². The molecule has 0 aromatic carbocycles. The Morgan fingerprint density at radius 3 is 2.68 bits per heavy atom. The molecule has 8 nitrogen and oxygen atoms in total. The smallest absolute Gasteiger partial charge is 0.334 e. The first-order chi connectivity index (χ1) is 8.95. The van der Waals surface area contributed by atoms with Gasteiger partial charge in [-0.1, -0.05) is 0 Å². The van der Waals surface area contributed by atoms with Gasteiger partial charge in [-0.2, -0.15) is 0 Å². The Hall–Kier alpha value is -1.83. The number of piperidine rings is 1. The summed E-state index contributed by atoms with van der Waals surface area (Å²) in [5.41, 5.74) is 0. The largest absolute Gasteiger partial charge is 0.479 e. The predicted molar refractivity (Wildman–Crippen MR) is 65.4 cm³/mol. The minimum Gasteiger partial charge on any atom is -0.479 e. The van der Waals surface area contributed by atoms with Crippen molar-refractivity contribution in [1.29, 1.82) is 0 Å². The zero-order valence-electron chi connectivity index (χ0n) is 10.8. The molecule has 0 spiro atoms. The number of likely N-dealkylation sites (tertiary alicyclic amines) is 1. The summed E-state index contributed by atoms with van der Waals surface area (Å²) in [5.74, 6) is -1.74. The van der Waals surface area contributed by atoms with Crippen molar-refractivity contribution >= 4 is 17.9 Å². The molecule has 1 rings (SSSR count). The molecule has 0 bridgehead atoms. The van der Waals surface area contributed by atoms with Gasteiger partial charge in [-0.25, -0.2) is 9.59 Å². The van der Waals surface area contributed by atoms with Crippen molar-refractivity contribution in [2.45, 2.75) is 18.9 Å². The molecule has 1 aliphatic heterocycles. The highest BCUT2D eigenvalue weighted by Gasteiger charge is 2.28. The van der Waals surface area contributed by atoms with Crippen molar-refractivity contribution < 1.29 is 24.6 Å². The highest BCUT2D eigenvalue weighted by atomic mass is 16.4. The van der Waals surface area contributed by atoms with Crippen molar-refractivity contribution in [2.75, 3.05) is 26.7 Å². The number of carboxylic acids is 1. The highest BCUT2D eigenvalue weighted by Crippen LogP contribution is 2.16. The molecule has 108 valence electrons. The molecule has 1 saturated heterocycles. The molecule has 1 heterocycles. The molecular weight excluding hydrogens is 254 g/mol. The van der Waals surface area contributed by atoms with Gasteiger partial charge in [0.15, 0.2) is 6.10 Å². The number of aliphatic carboxylic acids is 1. The van der Waals surface area contributed by atoms with Gasteiger partial charge in [0.05, 0.1) is 12.5 Å². The van der Waals surface area contributed by atoms with Gasteiger partial charge in [0, 0.05) is 20.1 Å². The molecular formula is C11H19N3O5. The Bertz CT molecular complexity index is 360. The van der Waals surface area contributed by atoms with Crippen LogP contribution in [0.25, 0.3) is 0 Å². The van der Waals surface area contributed by atoms with E-state index in [1.54, 1.807) is 7.05 Å². The number of nitrogens with zero attached hydrogens (tertiary/aromatic N) is 1. The normalized spacial score (nSPS) is 20.5. The van der Waals surface area contributed by atoms with Crippen LogP contribution in [0.5, 0.6) is 0 Å². The lowest BCUT2D eigenvalue weighted by atomic mass is 9.97. The van der Waals surface area contributed by atoms with E-state index in [0.717, 1.165) is 6.42 Å². The molecule has 0 aliphatic carbocycles. The van der Waals surface area contributed by atoms with E-state index in [9.17, 15) is 14.4 Å². The van der Waals surface area contributed by atoms with Crippen LogP contribution in [0, 0.1) is 5.92 Å². The van der Waals surface area contributed by atoms with E-state index in [0.29, 0.717) is 19.5 Å². The number of aliphatic hydroxyl groups is 1. The topological polar surface area (TPSA) is 119 Å². The second-order valence-corrected chi connectivity index (χ2v) is 4.44. The molecule has 3 amide bonds. The third-order valence-corrected chi connectivity index (χ3v) is 3.06. The monoisotopic (exact) mass is 273 g/mol. The van der Waals surface area contributed by atoms with Gasteiger partial charge in [0.25, 0.3) is 0 Å². The summed E-state index contributed by atoms with van der Waals surface area (Å²) >= 11 is 0. The maximum atomic E-state index is 11.8. The van der Waals surface area contributed by atoms with Gasteiger partial charge in [-0.05, 0) is 12.8 Å². The fraction of sp³-hybridized carbons (Fsp3) is 0.727. The van der Waals surface area contributed by atoms with Crippen molar-refractivity contribution in [3.05, 3.63) is 0 Å². The van der Waals surface area contributed by atoms with E-state index in [1.807, 2.05) is 0 Å². The Kier molecular flexibility index (Phi) is 5.56. The second-order valence-electron chi connectivity index (χ2n) is 4.44. The molecule has 0 radical (unpaired) electrons. The number of aliphatic hydroxyl groups excluding tert-OH is 1. The van der Waals surface area contributed by atoms with Crippen LogP contribution >= 0.6 is 0 Å². The molecule has 0 aromatic heterocycles. The number of carboxylic acid groups (broad SMARTS) is 1. The van der Waals surface area contributed by atoms with Gasteiger partial charge in [0.1, 0.15) is 0 Å². The Balaban J connectivity index is 2.44. The van der Waals surface area contributed by atoms with Crippen LogP contribution < -0.4 is 10.6 Å². The maximum Gasteiger partial charge on any atom is 0.334 e. The minimum absolute atomic E-state index is 0.108. The van der Waals surface area contributed by atoms with E-state index in [4.69, 9.17) is 10.2 Å². The number of hydrogen-bond acceptors (Lipinski definition) is 4. The maximum absolute atomic E-state index is 11.8. The minimum atomic E-state index is -1.62. The number of carbonyl (C=O) groups excluding carboxylic acids is 2. The molecule has 1 unspecified atom stereocenters. The van der Waals surface area contributed by atoms with Gasteiger partial charge >= 0.3 is 12.0 Å². The second kappa shape index (κ2) is 6.93. The molecule has 4 N–H and O–H groups in total. The number of amides is 3. The lowest BCUT2D eigenvalue weighted by Gasteiger charge is -2.31. The van der Waals surface area contributed by atoms with E-state index in [-0.39, 0.29) is 18.4 Å². The summed E-state index contributed by atoms with van der Waals surface area (Å²) in [7, 11) is 1.55. The summed E-state index contributed by atoms with van der Waals surface area (Å²) in [6.07, 6.45) is -0.183. The average molecular weight is 273 g/mol. The summed E-state index contributed by atoms with van der Waals surface area (Å²) in [4.78, 5) is 35.1.